The second-order valence-electron chi connectivity index (χ2n) is 1.65. The number of ether oxygens (including phenoxy) is 2. The molecule has 11 heavy (non-hydrogen) atoms. The fourth-order valence-electron chi connectivity index (χ4n) is 0.551. The Hall–Kier alpha value is -0.320. The van der Waals surface area contributed by atoms with Gasteiger partial charge >= 0.3 is 35.5 Å². The van der Waals surface area contributed by atoms with E-state index in [4.69, 9.17) is 0 Å². The molecule has 0 N–H and O–H groups in total. The maximum Gasteiger partial charge on any atom is 1.00 e. The number of rotatable bonds is 1. The first-order valence-electron chi connectivity index (χ1n) is 2.62. The molecular formula is C6H5NaO4. The zero-order valence-corrected chi connectivity index (χ0v) is 8.29. The summed E-state index contributed by atoms with van der Waals surface area (Å²) in [6.07, 6.45) is 2.50. The van der Waals surface area contributed by atoms with E-state index in [0.717, 1.165) is 6.08 Å². The van der Waals surface area contributed by atoms with Gasteiger partial charge in [0.2, 0.25) is 0 Å². The normalized spacial score (nSPS) is 20.5. The molecular weight excluding hydrogens is 159 g/mol. The van der Waals surface area contributed by atoms with Gasteiger partial charge in [0.1, 0.15) is 6.10 Å². The third kappa shape index (κ3) is 2.65. The Balaban J connectivity index is 0.000001000. The van der Waals surface area contributed by atoms with Gasteiger partial charge < -0.3 is 14.3 Å². The van der Waals surface area contributed by atoms with Crippen molar-refractivity contribution in [2.45, 2.75) is 6.10 Å². The summed E-state index contributed by atoms with van der Waals surface area (Å²) in [5.74, 6) is -1.17. The minimum atomic E-state index is -0.961. The first kappa shape index (κ1) is 10.7. The van der Waals surface area contributed by atoms with E-state index in [-0.39, 0.29) is 29.6 Å². The quantitative estimate of drug-likeness (QED) is 0.229. The average Bonchev–Trinajstić information content (AvgIpc) is 2.34. The number of methoxy groups -OCH3 is 1. The van der Waals surface area contributed by atoms with E-state index in [9.17, 15) is 9.59 Å². The molecule has 0 radical (unpaired) electrons. The predicted molar refractivity (Wildman–Crippen MR) is 29.7 cm³/mol. The van der Waals surface area contributed by atoms with Crippen LogP contribution in [0.5, 0.6) is 0 Å². The van der Waals surface area contributed by atoms with E-state index < -0.39 is 18.0 Å². The van der Waals surface area contributed by atoms with Gasteiger partial charge in [-0.1, -0.05) is 0 Å². The van der Waals surface area contributed by atoms with E-state index in [1.165, 1.54) is 7.11 Å². The van der Waals surface area contributed by atoms with Crippen LogP contribution in [0.2, 0.25) is 0 Å². The van der Waals surface area contributed by atoms with Crippen LogP contribution in [0.1, 0.15) is 0 Å². The van der Waals surface area contributed by atoms with Crippen molar-refractivity contribution in [3.05, 3.63) is 12.2 Å². The van der Waals surface area contributed by atoms with Crippen molar-refractivity contribution in [3.8, 4) is 0 Å². The Labute approximate surface area is 85.8 Å². The Morgan fingerprint density at radius 1 is 1.82 bits per heavy atom. The van der Waals surface area contributed by atoms with Crippen LogP contribution in [0.15, 0.2) is 6.08 Å². The summed E-state index contributed by atoms with van der Waals surface area (Å²) in [5.41, 5.74) is 0. The van der Waals surface area contributed by atoms with E-state index >= 15 is 0 Å². The Bertz CT molecular complexity index is 199. The molecule has 1 atom stereocenters. The number of carbonyl (C=O) groups is 2. The van der Waals surface area contributed by atoms with Gasteiger partial charge in [-0.25, -0.2) is 10.9 Å². The molecule has 1 heterocycles. The molecule has 0 aromatic carbocycles. The molecule has 5 heteroatoms. The summed E-state index contributed by atoms with van der Waals surface area (Å²) in [6.45, 7) is 0. The zero-order chi connectivity index (χ0) is 7.56. The van der Waals surface area contributed by atoms with Crippen molar-refractivity contribution in [2.24, 2.45) is 0 Å². The largest absolute Gasteiger partial charge is 1.00 e. The molecule has 1 unspecified atom stereocenters. The molecule has 0 aliphatic carbocycles. The first-order valence-corrected chi connectivity index (χ1v) is 2.62. The summed E-state index contributed by atoms with van der Waals surface area (Å²) in [7, 11) is 1.22. The van der Waals surface area contributed by atoms with Gasteiger partial charge in [0, 0.05) is 0 Å². The molecule has 54 valence electrons. The second kappa shape index (κ2) is 4.54. The fraction of sp³-hybridized carbons (Fsp3) is 0.333. The Morgan fingerprint density at radius 2 is 2.45 bits per heavy atom. The smallest absolute Gasteiger partial charge is 0.546 e. The second-order valence-corrected chi connectivity index (χ2v) is 1.65. The molecule has 0 fully saturated rings. The minimum absolute atomic E-state index is 0. The van der Waals surface area contributed by atoms with Crippen LogP contribution in [0.25, 0.3) is 0 Å². The van der Waals surface area contributed by atoms with Crippen LogP contribution in [-0.4, -0.2) is 25.2 Å². The maximum absolute atomic E-state index is 10.6. The number of hydrogen-bond donors (Lipinski definition) is 0. The number of esters is 2. The van der Waals surface area contributed by atoms with Gasteiger partial charge in [-0.2, -0.15) is 6.08 Å². The first-order chi connectivity index (χ1) is 4.74. The van der Waals surface area contributed by atoms with Gasteiger partial charge in [0.05, 0.1) is 7.11 Å². The Morgan fingerprint density at radius 3 is 2.82 bits per heavy atom. The third-order valence-corrected chi connectivity index (χ3v) is 1.00. The van der Waals surface area contributed by atoms with Gasteiger partial charge in [-0.3, -0.25) is 0 Å². The van der Waals surface area contributed by atoms with Crippen LogP contribution >= 0.6 is 0 Å². The molecule has 1 aliphatic heterocycles. The van der Waals surface area contributed by atoms with Crippen molar-refractivity contribution in [3.63, 3.8) is 0 Å². The SMILES string of the molecule is COC(=O)C1[C-]=CC(=O)O1.[Na+]. The topological polar surface area (TPSA) is 52.6 Å². The Kier molecular flexibility index (Phi) is 4.40. The number of hydrogen-bond acceptors (Lipinski definition) is 4. The van der Waals surface area contributed by atoms with Gasteiger partial charge in [0.15, 0.2) is 5.97 Å². The van der Waals surface area contributed by atoms with E-state index in [0.29, 0.717) is 0 Å². The standard InChI is InChI=1S/C6H5O4.Na/c1-9-6(8)4-2-3-5(7)10-4;/h3-4H,1H3;/q-1;+1. The molecule has 1 aliphatic rings. The fourth-order valence-corrected chi connectivity index (χ4v) is 0.551. The maximum atomic E-state index is 10.6. The molecule has 0 aromatic rings. The van der Waals surface area contributed by atoms with E-state index in [1.54, 1.807) is 0 Å². The summed E-state index contributed by atoms with van der Waals surface area (Å²) < 4.78 is 8.72. The molecule has 1 rings (SSSR count). The van der Waals surface area contributed by atoms with Gasteiger partial charge in [0.25, 0.3) is 0 Å². The van der Waals surface area contributed by atoms with Gasteiger partial charge in [-0.05, 0) is 0 Å². The molecule has 0 amide bonds. The van der Waals surface area contributed by atoms with Crippen LogP contribution in [0.3, 0.4) is 0 Å². The van der Waals surface area contributed by atoms with Crippen LogP contribution in [-0.2, 0) is 19.1 Å². The van der Waals surface area contributed by atoms with E-state index in [2.05, 4.69) is 15.5 Å². The van der Waals surface area contributed by atoms with Crippen molar-refractivity contribution in [2.75, 3.05) is 7.11 Å². The van der Waals surface area contributed by atoms with Crippen molar-refractivity contribution in [1.29, 1.82) is 0 Å². The number of carbonyl (C=O) groups excluding carboxylic acids is 2. The van der Waals surface area contributed by atoms with Crippen molar-refractivity contribution in [1.82, 2.24) is 0 Å². The van der Waals surface area contributed by atoms with Crippen molar-refractivity contribution < 1.29 is 48.6 Å². The molecule has 0 saturated heterocycles. The molecule has 0 spiro atoms. The summed E-state index contributed by atoms with van der Waals surface area (Å²) in [5, 5.41) is 0. The third-order valence-electron chi connectivity index (χ3n) is 1.00. The molecule has 0 saturated carbocycles. The van der Waals surface area contributed by atoms with Gasteiger partial charge in [-0.15, -0.1) is 0 Å². The predicted octanol–water partition coefficient (Wildman–Crippen LogP) is -3.55. The molecule has 0 bridgehead atoms. The average molecular weight is 164 g/mol. The summed E-state index contributed by atoms with van der Waals surface area (Å²) in [4.78, 5) is 20.9. The van der Waals surface area contributed by atoms with Crippen LogP contribution in [0.4, 0.5) is 0 Å². The monoisotopic (exact) mass is 164 g/mol. The summed E-state index contributed by atoms with van der Waals surface area (Å²) in [6, 6.07) is 0. The van der Waals surface area contributed by atoms with E-state index in [1.807, 2.05) is 0 Å². The molecule has 0 aromatic heterocycles. The van der Waals surface area contributed by atoms with Crippen LogP contribution in [0, 0.1) is 6.08 Å². The molecule has 4 nitrogen and oxygen atoms in total. The summed E-state index contributed by atoms with van der Waals surface area (Å²) >= 11 is 0. The zero-order valence-electron chi connectivity index (χ0n) is 6.29. The van der Waals surface area contributed by atoms with Crippen LogP contribution < -0.4 is 29.6 Å². The van der Waals surface area contributed by atoms with Crippen molar-refractivity contribution >= 4 is 11.9 Å². The number of cyclic esters (lactones) is 1. The minimum Gasteiger partial charge on any atom is -0.546 e.